The van der Waals surface area contributed by atoms with Gasteiger partial charge in [0, 0.05) is 26.2 Å². The van der Waals surface area contributed by atoms with E-state index in [2.05, 4.69) is 46.4 Å². The van der Waals surface area contributed by atoms with Gasteiger partial charge < -0.3 is 15.0 Å². The van der Waals surface area contributed by atoms with Crippen molar-refractivity contribution in [3.8, 4) is 0 Å². The summed E-state index contributed by atoms with van der Waals surface area (Å²) in [5, 5.41) is 12.0. The molecule has 1 aliphatic heterocycles. The summed E-state index contributed by atoms with van der Waals surface area (Å²) in [4.78, 5) is 2.26. The quantitative estimate of drug-likeness (QED) is 0.819. The molecule has 106 valence electrons. The summed E-state index contributed by atoms with van der Waals surface area (Å²) in [5.74, 6) is 0.955. The Balaban J connectivity index is 1.93. The second kappa shape index (κ2) is 7.40. The minimum atomic E-state index is 0.259. The van der Waals surface area contributed by atoms with Crippen LogP contribution in [-0.4, -0.2) is 42.5 Å². The van der Waals surface area contributed by atoms with Crippen LogP contribution in [0.25, 0.3) is 0 Å². The summed E-state index contributed by atoms with van der Waals surface area (Å²) >= 11 is 0. The van der Waals surface area contributed by atoms with Crippen LogP contribution >= 0.6 is 0 Å². The van der Waals surface area contributed by atoms with Crippen LogP contribution in [0.4, 0.5) is 5.82 Å². The fourth-order valence-corrected chi connectivity index (χ4v) is 2.21. The lowest BCUT2D eigenvalue weighted by molar-refractivity contribution is 0.0820. The maximum absolute atomic E-state index is 5.64. The third-order valence-electron chi connectivity index (χ3n) is 3.21. The highest BCUT2D eigenvalue weighted by atomic mass is 16.5. The molecular formula is C14H24N4O. The zero-order chi connectivity index (χ0) is 13.5. The largest absolute Gasteiger partial charge is 0.377 e. The zero-order valence-electron chi connectivity index (χ0n) is 11.9. The van der Waals surface area contributed by atoms with E-state index in [1.165, 1.54) is 0 Å². The Morgan fingerprint density at radius 1 is 1.42 bits per heavy atom. The molecule has 1 aromatic rings. The van der Waals surface area contributed by atoms with Crippen molar-refractivity contribution in [2.24, 2.45) is 0 Å². The molecule has 0 aliphatic carbocycles. The van der Waals surface area contributed by atoms with Crippen molar-refractivity contribution in [1.82, 2.24) is 15.5 Å². The first-order chi connectivity index (χ1) is 9.29. The first kappa shape index (κ1) is 14.2. The Hall–Kier alpha value is -1.20. The van der Waals surface area contributed by atoms with Gasteiger partial charge in [0.2, 0.25) is 0 Å². The smallest absolute Gasteiger partial charge is 0.151 e. The van der Waals surface area contributed by atoms with Gasteiger partial charge in [-0.25, -0.2) is 0 Å². The summed E-state index contributed by atoms with van der Waals surface area (Å²) in [7, 11) is 0. The maximum atomic E-state index is 5.64. The maximum Gasteiger partial charge on any atom is 0.151 e. The standard InChI is InChI=1S/C14H24N4O/c1-3-7-15-10-13-5-6-14(17-16-13)18-8-4-9-19-12(2)11-18/h5-6,12,15H,3-4,7-11H2,1-2H3. The Morgan fingerprint density at radius 2 is 2.32 bits per heavy atom. The van der Waals surface area contributed by atoms with Gasteiger partial charge in [-0.2, -0.15) is 5.10 Å². The van der Waals surface area contributed by atoms with E-state index in [0.29, 0.717) is 0 Å². The fraction of sp³-hybridized carbons (Fsp3) is 0.714. The molecule has 0 radical (unpaired) electrons. The van der Waals surface area contributed by atoms with Crippen molar-refractivity contribution in [3.63, 3.8) is 0 Å². The van der Waals surface area contributed by atoms with Gasteiger partial charge in [0.05, 0.1) is 11.8 Å². The number of hydrogen-bond acceptors (Lipinski definition) is 5. The van der Waals surface area contributed by atoms with E-state index in [9.17, 15) is 0 Å². The molecule has 5 nitrogen and oxygen atoms in total. The number of nitrogens with one attached hydrogen (secondary N) is 1. The zero-order valence-corrected chi connectivity index (χ0v) is 11.9. The predicted molar refractivity (Wildman–Crippen MR) is 76.3 cm³/mol. The van der Waals surface area contributed by atoms with Crippen molar-refractivity contribution in [3.05, 3.63) is 17.8 Å². The Bertz CT molecular complexity index is 368. The minimum Gasteiger partial charge on any atom is -0.377 e. The van der Waals surface area contributed by atoms with E-state index in [-0.39, 0.29) is 6.10 Å². The first-order valence-corrected chi connectivity index (χ1v) is 7.19. The minimum absolute atomic E-state index is 0.259. The molecule has 2 heterocycles. The lowest BCUT2D eigenvalue weighted by atomic mass is 10.3. The van der Waals surface area contributed by atoms with Crippen LogP contribution in [-0.2, 0) is 11.3 Å². The highest BCUT2D eigenvalue weighted by Crippen LogP contribution is 2.14. The molecule has 0 aromatic carbocycles. The predicted octanol–water partition coefficient (Wildman–Crippen LogP) is 1.59. The van der Waals surface area contributed by atoms with Gasteiger partial charge in [0.25, 0.3) is 0 Å². The Morgan fingerprint density at radius 3 is 3.05 bits per heavy atom. The summed E-state index contributed by atoms with van der Waals surface area (Å²) in [6, 6.07) is 4.12. The molecule has 1 aromatic heterocycles. The first-order valence-electron chi connectivity index (χ1n) is 7.19. The molecule has 0 amide bonds. The summed E-state index contributed by atoms with van der Waals surface area (Å²) < 4.78 is 5.64. The van der Waals surface area contributed by atoms with Crippen LogP contribution in [0.15, 0.2) is 12.1 Å². The van der Waals surface area contributed by atoms with Crippen molar-refractivity contribution in [2.75, 3.05) is 31.1 Å². The third-order valence-corrected chi connectivity index (χ3v) is 3.21. The molecule has 0 saturated carbocycles. The molecule has 19 heavy (non-hydrogen) atoms. The van der Waals surface area contributed by atoms with E-state index in [0.717, 1.165) is 57.1 Å². The number of anilines is 1. The summed E-state index contributed by atoms with van der Waals surface area (Å²) in [6.45, 7) is 8.79. The van der Waals surface area contributed by atoms with E-state index < -0.39 is 0 Å². The average Bonchev–Trinajstić information content (AvgIpc) is 2.65. The van der Waals surface area contributed by atoms with Gasteiger partial charge in [-0.3, -0.25) is 0 Å². The lowest BCUT2D eigenvalue weighted by Crippen LogP contribution is -2.31. The number of hydrogen-bond donors (Lipinski definition) is 1. The monoisotopic (exact) mass is 264 g/mol. The molecule has 5 heteroatoms. The van der Waals surface area contributed by atoms with Crippen LogP contribution in [0, 0.1) is 0 Å². The SMILES string of the molecule is CCCNCc1ccc(N2CCCOC(C)C2)nn1. The molecule has 0 bridgehead atoms. The molecule has 1 saturated heterocycles. The lowest BCUT2D eigenvalue weighted by Gasteiger charge is -2.22. The van der Waals surface area contributed by atoms with Crippen molar-refractivity contribution in [1.29, 1.82) is 0 Å². The Labute approximate surface area is 115 Å². The highest BCUT2D eigenvalue weighted by molar-refractivity contribution is 5.37. The topological polar surface area (TPSA) is 50.3 Å². The van der Waals surface area contributed by atoms with Crippen LogP contribution in [0.1, 0.15) is 32.4 Å². The third kappa shape index (κ3) is 4.44. The molecule has 1 aliphatic rings. The molecule has 1 unspecified atom stereocenters. The van der Waals surface area contributed by atoms with Crippen molar-refractivity contribution < 1.29 is 4.74 Å². The fourth-order valence-electron chi connectivity index (χ4n) is 2.21. The molecule has 2 rings (SSSR count). The van der Waals surface area contributed by atoms with Crippen LogP contribution in [0.2, 0.25) is 0 Å². The molecule has 1 atom stereocenters. The summed E-state index contributed by atoms with van der Waals surface area (Å²) in [6.07, 6.45) is 2.44. The van der Waals surface area contributed by atoms with Crippen molar-refractivity contribution >= 4 is 5.82 Å². The van der Waals surface area contributed by atoms with Gasteiger partial charge in [0.15, 0.2) is 5.82 Å². The van der Waals surface area contributed by atoms with Gasteiger partial charge in [-0.1, -0.05) is 6.92 Å². The second-order valence-electron chi connectivity index (χ2n) is 5.04. The molecule has 0 spiro atoms. The van der Waals surface area contributed by atoms with Crippen LogP contribution in [0.5, 0.6) is 0 Å². The van der Waals surface area contributed by atoms with Gasteiger partial charge in [-0.05, 0) is 38.4 Å². The Kier molecular flexibility index (Phi) is 5.54. The van der Waals surface area contributed by atoms with E-state index in [1.807, 2.05) is 0 Å². The van der Waals surface area contributed by atoms with Gasteiger partial charge in [-0.15, -0.1) is 5.10 Å². The van der Waals surface area contributed by atoms with Gasteiger partial charge >= 0.3 is 0 Å². The summed E-state index contributed by atoms with van der Waals surface area (Å²) in [5.41, 5.74) is 0.997. The number of ether oxygens (including phenoxy) is 1. The highest BCUT2D eigenvalue weighted by Gasteiger charge is 2.16. The molecule has 1 N–H and O–H groups in total. The normalized spacial score (nSPS) is 20.3. The second-order valence-corrected chi connectivity index (χ2v) is 5.04. The average molecular weight is 264 g/mol. The van der Waals surface area contributed by atoms with E-state index >= 15 is 0 Å². The van der Waals surface area contributed by atoms with Crippen LogP contribution < -0.4 is 10.2 Å². The number of aromatic nitrogens is 2. The van der Waals surface area contributed by atoms with Gasteiger partial charge in [0.1, 0.15) is 0 Å². The number of rotatable bonds is 5. The molecule has 1 fully saturated rings. The van der Waals surface area contributed by atoms with E-state index in [4.69, 9.17) is 4.74 Å². The van der Waals surface area contributed by atoms with E-state index in [1.54, 1.807) is 0 Å². The van der Waals surface area contributed by atoms with Crippen LogP contribution in [0.3, 0.4) is 0 Å². The van der Waals surface area contributed by atoms with Crippen molar-refractivity contribution in [2.45, 2.75) is 39.3 Å². The number of nitrogens with zero attached hydrogens (tertiary/aromatic N) is 3. The molecular weight excluding hydrogens is 240 g/mol.